The van der Waals surface area contributed by atoms with Crippen molar-refractivity contribution < 1.29 is 19.1 Å². The van der Waals surface area contributed by atoms with Gasteiger partial charge in [-0.1, -0.05) is 0 Å². The fourth-order valence-corrected chi connectivity index (χ4v) is 4.01. The van der Waals surface area contributed by atoms with Gasteiger partial charge in [-0.05, 0) is 61.4 Å². The van der Waals surface area contributed by atoms with Gasteiger partial charge in [0.1, 0.15) is 23.5 Å². The Kier molecular flexibility index (Phi) is 6.83. The first-order chi connectivity index (χ1) is 16.8. The Balaban J connectivity index is 1.45. The number of amides is 1. The molecule has 0 atom stereocenters. The third-order valence-corrected chi connectivity index (χ3v) is 6.06. The van der Waals surface area contributed by atoms with Crippen LogP contribution in [0.15, 0.2) is 59.7 Å². The third kappa shape index (κ3) is 5.33. The zero-order valence-electron chi connectivity index (χ0n) is 18.8. The fourth-order valence-electron chi connectivity index (χ4n) is 4.01. The zero-order chi connectivity index (χ0) is 25.0. The molecule has 0 saturated carbocycles. The van der Waals surface area contributed by atoms with Crippen molar-refractivity contribution in [2.24, 2.45) is 0 Å². The Morgan fingerprint density at radius 3 is 2.40 bits per heavy atom. The van der Waals surface area contributed by atoms with Gasteiger partial charge in [0.15, 0.2) is 0 Å². The molecule has 1 amide bonds. The van der Waals surface area contributed by atoms with Crippen LogP contribution in [-0.4, -0.2) is 56.7 Å². The number of likely N-dealkylation sites (tertiary alicyclic amines) is 1. The van der Waals surface area contributed by atoms with Crippen molar-refractivity contribution in [2.45, 2.75) is 25.0 Å². The Hall–Kier alpha value is -4.18. The molecule has 0 unspecified atom stereocenters. The fraction of sp³-hybridized carbons (Fsp3) is 0.240. The molecule has 9 nitrogen and oxygen atoms in total. The highest BCUT2D eigenvalue weighted by molar-refractivity contribution is 5.94. The van der Waals surface area contributed by atoms with Gasteiger partial charge in [0, 0.05) is 36.1 Å². The van der Waals surface area contributed by atoms with Gasteiger partial charge in [0.05, 0.1) is 18.5 Å². The van der Waals surface area contributed by atoms with Crippen LogP contribution in [0.1, 0.15) is 39.1 Å². The average molecular weight is 477 g/mol. The van der Waals surface area contributed by atoms with Gasteiger partial charge in [-0.15, -0.1) is 0 Å². The molecule has 0 bridgehead atoms. The van der Waals surface area contributed by atoms with Crippen LogP contribution < -0.4 is 10.9 Å². The number of aliphatic hydroxyl groups is 1. The first-order valence-electron chi connectivity index (χ1n) is 11.0. The lowest BCUT2D eigenvalue weighted by atomic mass is 9.91. The lowest BCUT2D eigenvalue weighted by Crippen LogP contribution is -2.49. The van der Waals surface area contributed by atoms with Crippen LogP contribution in [0.25, 0.3) is 0 Å². The topological polar surface area (TPSA) is 128 Å². The summed E-state index contributed by atoms with van der Waals surface area (Å²) in [5.74, 6) is -0.477. The van der Waals surface area contributed by atoms with Gasteiger partial charge in [-0.25, -0.2) is 9.37 Å². The quantitative estimate of drug-likeness (QED) is 0.355. The summed E-state index contributed by atoms with van der Waals surface area (Å²) in [6.45, 7) is 0.526. The minimum Gasteiger partial charge on any atom is -0.388 e. The van der Waals surface area contributed by atoms with Crippen molar-refractivity contribution in [3.8, 4) is 0 Å². The number of hydrogen-bond acceptors (Lipinski definition) is 7. The maximum atomic E-state index is 13.1. The van der Waals surface area contributed by atoms with E-state index in [2.05, 4.69) is 10.3 Å². The summed E-state index contributed by atoms with van der Waals surface area (Å²) < 4.78 is 14.4. The minimum atomic E-state index is -1.23. The molecule has 10 heteroatoms. The van der Waals surface area contributed by atoms with Crippen molar-refractivity contribution >= 4 is 29.9 Å². The number of hydrogen-bond donors (Lipinski definition) is 3. The van der Waals surface area contributed by atoms with Crippen LogP contribution in [0.4, 0.5) is 15.9 Å². The van der Waals surface area contributed by atoms with Gasteiger partial charge >= 0.3 is 0 Å². The zero-order valence-corrected chi connectivity index (χ0v) is 18.8. The largest absolute Gasteiger partial charge is 0.388 e. The second-order valence-corrected chi connectivity index (χ2v) is 8.47. The molecule has 1 aliphatic heterocycles. The first-order valence-corrected chi connectivity index (χ1v) is 11.0. The number of carbonyl (C=O) groups is 2. The lowest BCUT2D eigenvalue weighted by molar-refractivity contribution is -0.0300. The Bertz CT molecular complexity index is 1300. The molecule has 1 fully saturated rings. The first kappa shape index (κ1) is 24.0. The summed E-state index contributed by atoms with van der Waals surface area (Å²) in [6, 6.07) is 11.9. The number of nitrogens with zero attached hydrogens (tertiary/aromatic N) is 3. The molecule has 3 N–H and O–H groups in total. The van der Waals surface area contributed by atoms with Gasteiger partial charge in [-0.2, -0.15) is 0 Å². The number of halogens is 1. The average Bonchev–Trinajstić information content (AvgIpc) is 2.87. The van der Waals surface area contributed by atoms with E-state index in [1.54, 1.807) is 29.2 Å². The highest BCUT2D eigenvalue weighted by Crippen LogP contribution is 2.25. The second kappa shape index (κ2) is 9.98. The molecular formula is C25H24FN5O4. The predicted molar refractivity (Wildman–Crippen MR) is 128 cm³/mol. The number of aromatic nitrogens is 2. The molecule has 0 spiro atoms. The molecule has 0 aliphatic carbocycles. The van der Waals surface area contributed by atoms with E-state index in [-0.39, 0.29) is 49.8 Å². The Morgan fingerprint density at radius 1 is 1.14 bits per heavy atom. The molecule has 4 rings (SSSR count). The molecule has 35 heavy (non-hydrogen) atoms. The van der Waals surface area contributed by atoms with E-state index < -0.39 is 17.0 Å². The third-order valence-electron chi connectivity index (χ3n) is 6.06. The number of nitrogens with one attached hydrogen (secondary N) is 2. The maximum Gasteiger partial charge on any atom is 0.264 e. The molecule has 2 heterocycles. The Morgan fingerprint density at radius 2 is 1.80 bits per heavy atom. The number of aldehydes is 1. The molecule has 180 valence electrons. The molecule has 1 aromatic heterocycles. The molecular weight excluding hydrogens is 453 g/mol. The van der Waals surface area contributed by atoms with Crippen LogP contribution in [0.5, 0.6) is 0 Å². The van der Waals surface area contributed by atoms with E-state index in [1.807, 2.05) is 0 Å². The molecule has 0 radical (unpaired) electrons. The lowest BCUT2D eigenvalue weighted by Gasteiger charge is -2.38. The van der Waals surface area contributed by atoms with Crippen LogP contribution >= 0.6 is 0 Å². The Labute approximate surface area is 200 Å². The van der Waals surface area contributed by atoms with E-state index >= 15 is 0 Å². The van der Waals surface area contributed by atoms with Gasteiger partial charge < -0.3 is 20.7 Å². The van der Waals surface area contributed by atoms with Gasteiger partial charge in [0.25, 0.3) is 11.5 Å². The summed E-state index contributed by atoms with van der Waals surface area (Å²) in [7, 11) is 0. The second-order valence-electron chi connectivity index (χ2n) is 8.47. The van der Waals surface area contributed by atoms with Gasteiger partial charge in [0.2, 0.25) is 0 Å². The van der Waals surface area contributed by atoms with Crippen molar-refractivity contribution in [3.05, 3.63) is 87.7 Å². The van der Waals surface area contributed by atoms with Crippen LogP contribution in [0.3, 0.4) is 0 Å². The monoisotopic (exact) mass is 477 g/mol. The molecule has 3 aromatic rings. The van der Waals surface area contributed by atoms with Gasteiger partial charge in [-0.3, -0.25) is 19.0 Å². The van der Waals surface area contributed by atoms with E-state index in [1.165, 1.54) is 35.2 Å². The molecule has 1 aliphatic rings. The minimum absolute atomic E-state index is 0.0273. The van der Waals surface area contributed by atoms with Crippen molar-refractivity contribution in [2.75, 3.05) is 18.4 Å². The normalized spacial score (nSPS) is 14.9. The van der Waals surface area contributed by atoms with Crippen LogP contribution in [0, 0.1) is 11.2 Å². The number of rotatable bonds is 7. The van der Waals surface area contributed by atoms with Crippen LogP contribution in [-0.2, 0) is 6.54 Å². The molecule has 2 aromatic carbocycles. The SMILES string of the molecule is N=Cc1c(Nc2ccc(C=O)cc2)ncn(CC2(O)CCN(C(=O)c3ccc(F)cc3)CC2)c1=O. The van der Waals surface area contributed by atoms with E-state index in [0.29, 0.717) is 16.8 Å². The number of carbonyl (C=O) groups excluding carboxylic acids is 2. The number of piperidine rings is 1. The van der Waals surface area contributed by atoms with E-state index in [9.17, 15) is 23.9 Å². The number of benzene rings is 2. The highest BCUT2D eigenvalue weighted by atomic mass is 19.1. The number of anilines is 2. The van der Waals surface area contributed by atoms with Crippen molar-refractivity contribution in [3.63, 3.8) is 0 Å². The summed E-state index contributed by atoms with van der Waals surface area (Å²) >= 11 is 0. The standard InChI is InChI=1S/C25H24FN5O4/c26-19-5-3-18(4-6-19)23(33)30-11-9-25(35,10-12-30)15-31-16-28-22(21(13-27)24(31)34)29-20-7-1-17(14-32)2-8-20/h1-8,13-14,16,27,29,35H,9-12,15H2. The van der Waals surface area contributed by atoms with E-state index in [0.717, 1.165) is 12.5 Å². The summed E-state index contributed by atoms with van der Waals surface area (Å²) in [5.41, 5.74) is -0.217. The van der Waals surface area contributed by atoms with Crippen molar-refractivity contribution in [1.29, 1.82) is 5.41 Å². The summed E-state index contributed by atoms with van der Waals surface area (Å²) in [5, 5.41) is 21.8. The van der Waals surface area contributed by atoms with E-state index in [4.69, 9.17) is 5.41 Å². The smallest absolute Gasteiger partial charge is 0.264 e. The van der Waals surface area contributed by atoms with Crippen LogP contribution in [0.2, 0.25) is 0 Å². The summed E-state index contributed by atoms with van der Waals surface area (Å²) in [4.78, 5) is 42.3. The summed E-state index contributed by atoms with van der Waals surface area (Å²) in [6.07, 6.45) is 3.43. The predicted octanol–water partition coefficient (Wildman–Crippen LogP) is 2.60. The molecule has 1 saturated heterocycles. The highest BCUT2D eigenvalue weighted by Gasteiger charge is 2.35. The maximum absolute atomic E-state index is 13.1. The van der Waals surface area contributed by atoms with Crippen molar-refractivity contribution in [1.82, 2.24) is 14.5 Å².